The molecular formula is C12H15NO4. The summed E-state index contributed by atoms with van der Waals surface area (Å²) in [6, 6.07) is 5.29. The van der Waals surface area contributed by atoms with Gasteiger partial charge in [-0.1, -0.05) is 13.8 Å². The number of benzene rings is 1. The summed E-state index contributed by atoms with van der Waals surface area (Å²) in [5.41, 5.74) is 0.767. The van der Waals surface area contributed by atoms with E-state index in [-0.39, 0.29) is 11.5 Å². The van der Waals surface area contributed by atoms with E-state index in [0.29, 0.717) is 5.69 Å². The number of carboxylic acids is 2. The van der Waals surface area contributed by atoms with Crippen LogP contribution in [-0.4, -0.2) is 28.2 Å². The summed E-state index contributed by atoms with van der Waals surface area (Å²) in [7, 11) is 0. The van der Waals surface area contributed by atoms with Gasteiger partial charge < -0.3 is 15.5 Å². The Hall–Kier alpha value is -2.04. The van der Waals surface area contributed by atoms with Gasteiger partial charge in [-0.3, -0.25) is 0 Å². The Labute approximate surface area is 99.1 Å². The van der Waals surface area contributed by atoms with Crippen molar-refractivity contribution in [2.75, 3.05) is 5.32 Å². The average molecular weight is 237 g/mol. The Kier molecular flexibility index (Phi) is 4.09. The molecule has 0 saturated heterocycles. The highest BCUT2D eigenvalue weighted by molar-refractivity contribution is 5.88. The second-order valence-corrected chi connectivity index (χ2v) is 4.09. The topological polar surface area (TPSA) is 86.6 Å². The lowest BCUT2D eigenvalue weighted by Crippen LogP contribution is -2.34. The van der Waals surface area contributed by atoms with Gasteiger partial charge in [0, 0.05) is 5.69 Å². The first-order chi connectivity index (χ1) is 7.91. The molecule has 0 unspecified atom stereocenters. The van der Waals surface area contributed by atoms with Crippen LogP contribution in [0.3, 0.4) is 0 Å². The number of rotatable bonds is 5. The van der Waals surface area contributed by atoms with E-state index >= 15 is 0 Å². The molecular weight excluding hydrogens is 222 g/mol. The van der Waals surface area contributed by atoms with Crippen LogP contribution in [0, 0.1) is 5.92 Å². The minimum atomic E-state index is -1.00. The molecule has 0 fully saturated rings. The predicted molar refractivity (Wildman–Crippen MR) is 63.3 cm³/mol. The summed E-state index contributed by atoms with van der Waals surface area (Å²) < 4.78 is 0. The molecule has 1 atom stereocenters. The highest BCUT2D eigenvalue weighted by Crippen LogP contribution is 2.14. The second-order valence-electron chi connectivity index (χ2n) is 4.09. The molecule has 0 aliphatic carbocycles. The molecule has 5 nitrogen and oxygen atoms in total. The summed E-state index contributed by atoms with van der Waals surface area (Å²) in [5.74, 6) is -2.00. The fourth-order valence-electron chi connectivity index (χ4n) is 1.40. The van der Waals surface area contributed by atoms with E-state index in [1.54, 1.807) is 26.0 Å². The number of hydrogen-bond donors (Lipinski definition) is 3. The van der Waals surface area contributed by atoms with E-state index in [9.17, 15) is 9.59 Å². The minimum Gasteiger partial charge on any atom is -0.480 e. The molecule has 0 heterocycles. The molecule has 1 rings (SSSR count). The summed E-state index contributed by atoms with van der Waals surface area (Å²) in [5, 5.41) is 20.6. The first-order valence-corrected chi connectivity index (χ1v) is 5.24. The van der Waals surface area contributed by atoms with Crippen LogP contribution < -0.4 is 5.32 Å². The van der Waals surface area contributed by atoms with E-state index in [0.717, 1.165) is 0 Å². The van der Waals surface area contributed by atoms with Gasteiger partial charge in [0.05, 0.1) is 5.56 Å². The van der Waals surface area contributed by atoms with Crippen molar-refractivity contribution >= 4 is 17.6 Å². The van der Waals surface area contributed by atoms with Gasteiger partial charge in [-0.15, -0.1) is 0 Å². The van der Waals surface area contributed by atoms with Crippen molar-refractivity contribution in [1.82, 2.24) is 0 Å². The lowest BCUT2D eigenvalue weighted by Gasteiger charge is -2.19. The maximum Gasteiger partial charge on any atom is 0.335 e. The smallest absolute Gasteiger partial charge is 0.335 e. The normalized spacial score (nSPS) is 12.2. The van der Waals surface area contributed by atoms with E-state index < -0.39 is 18.0 Å². The maximum absolute atomic E-state index is 11.0. The van der Waals surface area contributed by atoms with Crippen molar-refractivity contribution in [1.29, 1.82) is 0 Å². The molecule has 0 radical (unpaired) electrons. The number of aromatic carboxylic acids is 1. The standard InChI is InChI=1S/C12H15NO4/c1-7(2)10(12(16)17)13-9-5-3-8(4-6-9)11(14)15/h3-7,10,13H,1-2H3,(H,14,15)(H,16,17)/t10-/m0/s1. The molecule has 0 spiro atoms. The Morgan fingerprint density at radius 2 is 1.65 bits per heavy atom. The van der Waals surface area contributed by atoms with E-state index in [1.165, 1.54) is 12.1 Å². The Morgan fingerprint density at radius 3 is 2.00 bits per heavy atom. The molecule has 0 aliphatic heterocycles. The number of nitrogens with one attached hydrogen (secondary N) is 1. The van der Waals surface area contributed by atoms with Crippen molar-refractivity contribution in [2.45, 2.75) is 19.9 Å². The van der Waals surface area contributed by atoms with Crippen LogP contribution in [-0.2, 0) is 4.79 Å². The van der Waals surface area contributed by atoms with Crippen LogP contribution in [0.5, 0.6) is 0 Å². The predicted octanol–water partition coefficient (Wildman–Crippen LogP) is 1.91. The van der Waals surface area contributed by atoms with Gasteiger partial charge in [0.2, 0.25) is 0 Å². The van der Waals surface area contributed by atoms with Gasteiger partial charge in [0.1, 0.15) is 6.04 Å². The summed E-state index contributed by atoms with van der Waals surface area (Å²) in [4.78, 5) is 21.6. The molecule has 5 heteroatoms. The molecule has 0 amide bonds. The van der Waals surface area contributed by atoms with Crippen LogP contribution in [0.15, 0.2) is 24.3 Å². The van der Waals surface area contributed by atoms with E-state index in [1.807, 2.05) is 0 Å². The van der Waals surface area contributed by atoms with Crippen molar-refractivity contribution < 1.29 is 19.8 Å². The summed E-state index contributed by atoms with van der Waals surface area (Å²) in [6.07, 6.45) is 0. The first kappa shape index (κ1) is 13.0. The van der Waals surface area contributed by atoms with Crippen molar-refractivity contribution in [2.24, 2.45) is 5.92 Å². The molecule has 3 N–H and O–H groups in total. The third kappa shape index (κ3) is 3.48. The van der Waals surface area contributed by atoms with Crippen LogP contribution in [0.1, 0.15) is 24.2 Å². The van der Waals surface area contributed by atoms with Gasteiger partial charge in [0.25, 0.3) is 0 Å². The largest absolute Gasteiger partial charge is 0.480 e. The Balaban J connectivity index is 2.80. The molecule has 0 aliphatic rings. The van der Waals surface area contributed by atoms with E-state index in [4.69, 9.17) is 10.2 Å². The molecule has 0 saturated carbocycles. The Bertz CT molecular complexity index is 411. The zero-order valence-corrected chi connectivity index (χ0v) is 9.68. The molecule has 17 heavy (non-hydrogen) atoms. The maximum atomic E-state index is 11.0. The first-order valence-electron chi connectivity index (χ1n) is 5.24. The zero-order chi connectivity index (χ0) is 13.0. The number of carbonyl (C=O) groups is 2. The van der Waals surface area contributed by atoms with Crippen LogP contribution in [0.25, 0.3) is 0 Å². The molecule has 1 aromatic carbocycles. The van der Waals surface area contributed by atoms with Crippen LogP contribution >= 0.6 is 0 Å². The lowest BCUT2D eigenvalue weighted by molar-refractivity contribution is -0.138. The van der Waals surface area contributed by atoms with Crippen molar-refractivity contribution in [3.63, 3.8) is 0 Å². The molecule has 0 bridgehead atoms. The summed E-state index contributed by atoms with van der Waals surface area (Å²) >= 11 is 0. The number of carboxylic acid groups (broad SMARTS) is 2. The van der Waals surface area contributed by atoms with Crippen LogP contribution in [0.2, 0.25) is 0 Å². The highest BCUT2D eigenvalue weighted by atomic mass is 16.4. The second kappa shape index (κ2) is 5.34. The molecule has 92 valence electrons. The SMILES string of the molecule is CC(C)[C@H](Nc1ccc(C(=O)O)cc1)C(=O)O. The minimum absolute atomic E-state index is 0.0633. The quantitative estimate of drug-likeness (QED) is 0.728. The molecule has 1 aromatic rings. The highest BCUT2D eigenvalue weighted by Gasteiger charge is 2.20. The number of aliphatic carboxylic acids is 1. The monoisotopic (exact) mass is 237 g/mol. The van der Waals surface area contributed by atoms with Crippen LogP contribution in [0.4, 0.5) is 5.69 Å². The van der Waals surface area contributed by atoms with Gasteiger partial charge in [-0.25, -0.2) is 9.59 Å². The third-order valence-corrected chi connectivity index (χ3v) is 2.39. The molecule has 0 aromatic heterocycles. The van der Waals surface area contributed by atoms with Gasteiger partial charge >= 0.3 is 11.9 Å². The fraction of sp³-hybridized carbons (Fsp3) is 0.333. The fourth-order valence-corrected chi connectivity index (χ4v) is 1.40. The zero-order valence-electron chi connectivity index (χ0n) is 9.68. The van der Waals surface area contributed by atoms with Crippen molar-refractivity contribution in [3.05, 3.63) is 29.8 Å². The summed E-state index contributed by atoms with van der Waals surface area (Å²) in [6.45, 7) is 3.61. The van der Waals surface area contributed by atoms with E-state index in [2.05, 4.69) is 5.32 Å². The third-order valence-electron chi connectivity index (χ3n) is 2.39. The van der Waals surface area contributed by atoms with Gasteiger partial charge in [-0.2, -0.15) is 0 Å². The van der Waals surface area contributed by atoms with Gasteiger partial charge in [0.15, 0.2) is 0 Å². The lowest BCUT2D eigenvalue weighted by atomic mass is 10.0. The Morgan fingerprint density at radius 1 is 1.12 bits per heavy atom. The average Bonchev–Trinajstić information content (AvgIpc) is 2.25. The number of hydrogen-bond acceptors (Lipinski definition) is 3. The van der Waals surface area contributed by atoms with Gasteiger partial charge in [-0.05, 0) is 30.2 Å². The number of anilines is 1. The van der Waals surface area contributed by atoms with Crippen molar-refractivity contribution in [3.8, 4) is 0 Å².